The molecule has 0 aliphatic carbocycles. The van der Waals surface area contributed by atoms with E-state index in [9.17, 15) is 19.6 Å². The Morgan fingerprint density at radius 1 is 1.30 bits per heavy atom. The van der Waals surface area contributed by atoms with Gasteiger partial charge in [0, 0.05) is 6.07 Å². The molecule has 0 aliphatic rings. The van der Waals surface area contributed by atoms with Crippen LogP contribution in [0.3, 0.4) is 0 Å². The van der Waals surface area contributed by atoms with Gasteiger partial charge in [-0.05, 0) is 6.07 Å². The normalized spacial score (nSPS) is 14.6. The molecule has 0 aromatic heterocycles. The van der Waals surface area contributed by atoms with Crippen LogP contribution in [0.1, 0.15) is 0 Å². The van der Waals surface area contributed by atoms with Gasteiger partial charge >= 0.3 is 13.5 Å². The Morgan fingerprint density at radius 2 is 1.90 bits per heavy atom. The lowest BCUT2D eigenvalue weighted by Gasteiger charge is -2.27. The molecule has 0 bridgehead atoms. The van der Waals surface area contributed by atoms with Crippen molar-refractivity contribution in [1.29, 1.82) is 0 Å². The summed E-state index contributed by atoms with van der Waals surface area (Å²) in [5, 5.41) is 10.7. The molecule has 0 N–H and O–H groups in total. The molecule has 0 amide bonds. The van der Waals surface area contributed by atoms with Crippen LogP contribution >= 0.6 is 7.82 Å². The number of nitro groups is 1. The highest BCUT2D eigenvalue weighted by Crippen LogP contribution is 2.42. The molecule has 0 fully saturated rings. The fourth-order valence-electron chi connectivity index (χ4n) is 1.26. The van der Waals surface area contributed by atoms with Crippen molar-refractivity contribution in [2.24, 2.45) is 0 Å². The van der Waals surface area contributed by atoms with Crippen molar-refractivity contribution in [2.75, 3.05) is 34.3 Å². The van der Waals surface area contributed by atoms with Gasteiger partial charge in [0.1, 0.15) is 13.2 Å². The third-order valence-corrected chi connectivity index (χ3v) is 3.20. The van der Waals surface area contributed by atoms with Gasteiger partial charge in [0.2, 0.25) is 5.75 Å². The molecule has 20 heavy (non-hydrogen) atoms. The van der Waals surface area contributed by atoms with Gasteiger partial charge in [-0.25, -0.2) is 0 Å². The summed E-state index contributed by atoms with van der Waals surface area (Å²) in [6, 6.07) is 5.21. The molecule has 112 valence electrons. The number of phosphoric ester groups is 1. The number of benzene rings is 1. The van der Waals surface area contributed by atoms with Crippen LogP contribution in [0, 0.1) is 10.1 Å². The van der Waals surface area contributed by atoms with Crippen molar-refractivity contribution < 1.29 is 27.9 Å². The molecule has 0 aliphatic heterocycles. The molecule has 9 heteroatoms. The predicted molar refractivity (Wildman–Crippen MR) is 70.2 cm³/mol. The number of hydrogen-bond donors (Lipinski definition) is 0. The van der Waals surface area contributed by atoms with Crippen LogP contribution < -0.4 is 9.42 Å². The van der Waals surface area contributed by atoms with Crippen molar-refractivity contribution in [3.05, 3.63) is 34.4 Å². The van der Waals surface area contributed by atoms with E-state index in [0.717, 1.165) is 6.07 Å². The fourth-order valence-corrected chi connectivity index (χ4v) is 2.01. The summed E-state index contributed by atoms with van der Waals surface area (Å²) in [6.07, 6.45) is 0. The highest BCUT2D eigenvalue weighted by atomic mass is 31.2. The minimum absolute atomic E-state index is 0.0646. The Kier molecular flexibility index (Phi) is 5.24. The van der Waals surface area contributed by atoms with E-state index in [4.69, 9.17) is 0 Å². The molecule has 8 nitrogen and oxygen atoms in total. The Bertz CT molecular complexity index is 528. The third kappa shape index (κ3) is 5.66. The van der Waals surface area contributed by atoms with Crippen LogP contribution in [0.5, 0.6) is 5.75 Å². The second kappa shape index (κ2) is 6.32. The van der Waals surface area contributed by atoms with Gasteiger partial charge < -0.3 is 18.4 Å². The third-order valence-electron chi connectivity index (χ3n) is 2.28. The zero-order valence-corrected chi connectivity index (χ0v) is 12.4. The van der Waals surface area contributed by atoms with Crippen LogP contribution in [0.15, 0.2) is 24.3 Å². The Labute approximate surface area is 116 Å². The van der Waals surface area contributed by atoms with E-state index in [2.05, 4.69) is 9.05 Å². The molecular formula is C11H17N2O6P. The van der Waals surface area contributed by atoms with E-state index in [1.807, 2.05) is 21.1 Å². The minimum atomic E-state index is -4.63. The number of nitrogens with zero attached hydrogens (tertiary/aromatic N) is 2. The zero-order valence-electron chi connectivity index (χ0n) is 11.5. The molecule has 1 rings (SSSR count). The lowest BCUT2D eigenvalue weighted by Crippen LogP contribution is -2.37. The van der Waals surface area contributed by atoms with Crippen LogP contribution in [-0.4, -0.2) is 43.7 Å². The average molecular weight is 304 g/mol. The van der Waals surface area contributed by atoms with Crippen LogP contribution in [0.25, 0.3) is 0 Å². The smallest absolute Gasteiger partial charge is 0.320 e. The number of nitro benzene ring substituents is 1. The number of likely N-dealkylation sites (N-methyl/N-ethyl adjacent to an activating group) is 1. The van der Waals surface area contributed by atoms with E-state index in [1.54, 1.807) is 0 Å². The first-order valence-electron chi connectivity index (χ1n) is 5.80. The molecule has 1 unspecified atom stereocenters. The van der Waals surface area contributed by atoms with Crippen LogP contribution in [0.2, 0.25) is 0 Å². The molecule has 0 saturated carbocycles. The van der Waals surface area contributed by atoms with Gasteiger partial charge in [-0.15, -0.1) is 0 Å². The van der Waals surface area contributed by atoms with Crippen molar-refractivity contribution >= 4 is 13.5 Å². The van der Waals surface area contributed by atoms with E-state index >= 15 is 0 Å². The van der Waals surface area contributed by atoms with E-state index in [1.165, 1.54) is 18.2 Å². The molecule has 1 aromatic rings. The first-order valence-corrected chi connectivity index (χ1v) is 7.26. The molecule has 0 heterocycles. The second-order valence-corrected chi connectivity index (χ2v) is 6.45. The number of phosphoric acid groups is 1. The summed E-state index contributed by atoms with van der Waals surface area (Å²) in [7, 11) is 0.999. The van der Waals surface area contributed by atoms with E-state index < -0.39 is 18.4 Å². The SMILES string of the molecule is C[N+](C)(C)CCOP(=O)([O-])Oc1ccccc1[N+](=O)[O-]. The Morgan fingerprint density at radius 3 is 2.45 bits per heavy atom. The van der Waals surface area contributed by atoms with Crippen molar-refractivity contribution in [2.45, 2.75) is 0 Å². The molecule has 0 saturated heterocycles. The van der Waals surface area contributed by atoms with E-state index in [-0.39, 0.29) is 12.4 Å². The standard InChI is InChI=1S/C11H17N2O6P/c1-13(2,3)8-9-18-20(16,17)19-11-7-5-4-6-10(11)12(14)15/h4-7H,8-9H2,1-3H3. The molecular weight excluding hydrogens is 287 g/mol. The zero-order chi connectivity index (χ0) is 15.4. The lowest BCUT2D eigenvalue weighted by molar-refractivity contribution is -0.870. The maximum Gasteiger partial charge on any atom is 0.320 e. The van der Waals surface area contributed by atoms with Gasteiger partial charge in [0.05, 0.1) is 26.1 Å². The lowest BCUT2D eigenvalue weighted by atomic mass is 10.3. The number of para-hydroxylation sites is 2. The van der Waals surface area contributed by atoms with E-state index in [0.29, 0.717) is 11.0 Å². The number of quaternary nitrogens is 1. The first kappa shape index (κ1) is 16.6. The monoisotopic (exact) mass is 304 g/mol. The quantitative estimate of drug-likeness (QED) is 0.324. The van der Waals surface area contributed by atoms with Gasteiger partial charge in [-0.2, -0.15) is 0 Å². The van der Waals surface area contributed by atoms with Gasteiger partial charge in [0.15, 0.2) is 0 Å². The highest BCUT2D eigenvalue weighted by Gasteiger charge is 2.20. The first-order chi connectivity index (χ1) is 9.11. The van der Waals surface area contributed by atoms with Crippen molar-refractivity contribution in [3.63, 3.8) is 0 Å². The summed E-state index contributed by atoms with van der Waals surface area (Å²) in [5.74, 6) is -0.360. The predicted octanol–water partition coefficient (Wildman–Crippen LogP) is 1.16. The summed E-state index contributed by atoms with van der Waals surface area (Å²) in [6.45, 7) is 0.386. The second-order valence-electron chi connectivity index (χ2n) is 5.11. The average Bonchev–Trinajstić information content (AvgIpc) is 2.26. The topological polar surface area (TPSA) is 102 Å². The highest BCUT2D eigenvalue weighted by molar-refractivity contribution is 7.46. The summed E-state index contributed by atoms with van der Waals surface area (Å²) < 4.78 is 21.5. The maximum atomic E-state index is 11.6. The van der Waals surface area contributed by atoms with Crippen LogP contribution in [0.4, 0.5) is 5.69 Å². The number of hydrogen-bond acceptors (Lipinski definition) is 6. The van der Waals surface area contributed by atoms with Crippen molar-refractivity contribution in [1.82, 2.24) is 0 Å². The molecule has 1 atom stereocenters. The minimum Gasteiger partial charge on any atom is -0.746 e. The Balaban J connectivity index is 2.72. The summed E-state index contributed by atoms with van der Waals surface area (Å²) in [4.78, 5) is 21.6. The van der Waals surface area contributed by atoms with Gasteiger partial charge in [-0.1, -0.05) is 12.1 Å². The number of rotatable bonds is 7. The largest absolute Gasteiger partial charge is 0.746 e. The van der Waals surface area contributed by atoms with Gasteiger partial charge in [-0.3, -0.25) is 14.7 Å². The molecule has 1 aromatic carbocycles. The van der Waals surface area contributed by atoms with Gasteiger partial charge in [0.25, 0.3) is 0 Å². The summed E-state index contributed by atoms with van der Waals surface area (Å²) >= 11 is 0. The van der Waals surface area contributed by atoms with Crippen molar-refractivity contribution in [3.8, 4) is 5.75 Å². The fraction of sp³-hybridized carbons (Fsp3) is 0.455. The molecule has 0 spiro atoms. The maximum absolute atomic E-state index is 11.6. The summed E-state index contributed by atoms with van der Waals surface area (Å²) in [5.41, 5.74) is -0.432. The van der Waals surface area contributed by atoms with Crippen LogP contribution in [-0.2, 0) is 9.09 Å². The Hall–Kier alpha value is -1.47. The molecule has 0 radical (unpaired) electrons.